The third kappa shape index (κ3) is 2.91. The number of carbonyl (C=O) groups excluding carboxylic acids is 1. The Kier molecular flexibility index (Phi) is 4.00. The minimum atomic E-state index is -0.0616. The summed E-state index contributed by atoms with van der Waals surface area (Å²) in [7, 11) is 0. The first-order valence-corrected chi connectivity index (χ1v) is 8.79. The number of furan rings is 1. The van der Waals surface area contributed by atoms with Gasteiger partial charge in [-0.2, -0.15) is 0 Å². The normalized spacial score (nSPS) is 25.3. The van der Waals surface area contributed by atoms with Crippen LogP contribution in [0.2, 0.25) is 0 Å². The second-order valence-corrected chi connectivity index (χ2v) is 7.17. The van der Waals surface area contributed by atoms with Crippen molar-refractivity contribution in [3.8, 4) is 0 Å². The highest BCUT2D eigenvalue weighted by molar-refractivity contribution is 5.96. The van der Waals surface area contributed by atoms with Crippen LogP contribution in [0.25, 0.3) is 5.57 Å². The second-order valence-electron chi connectivity index (χ2n) is 7.17. The molecule has 0 bridgehead atoms. The average Bonchev–Trinajstić information content (AvgIpc) is 3.04. The van der Waals surface area contributed by atoms with E-state index < -0.39 is 0 Å². The molecule has 25 heavy (non-hydrogen) atoms. The first-order chi connectivity index (χ1) is 12.1. The van der Waals surface area contributed by atoms with Crippen LogP contribution >= 0.6 is 0 Å². The molecule has 1 aromatic heterocycles. The van der Waals surface area contributed by atoms with E-state index in [-0.39, 0.29) is 17.9 Å². The SMILES string of the molecule is C=C(C)c1cc(C(=O)N[C@H]2[C@@H]3COC[C@@H]32)c(C(C)c2ccccc2)o1. The first-order valence-electron chi connectivity index (χ1n) is 8.79. The van der Waals surface area contributed by atoms with Gasteiger partial charge in [-0.25, -0.2) is 0 Å². The molecule has 2 aromatic rings. The zero-order chi connectivity index (χ0) is 17.6. The summed E-state index contributed by atoms with van der Waals surface area (Å²) < 4.78 is 11.4. The van der Waals surface area contributed by atoms with Gasteiger partial charge >= 0.3 is 0 Å². The molecule has 0 radical (unpaired) electrons. The number of carbonyl (C=O) groups is 1. The summed E-state index contributed by atoms with van der Waals surface area (Å²) >= 11 is 0. The molecule has 4 atom stereocenters. The average molecular weight is 337 g/mol. The van der Waals surface area contributed by atoms with E-state index in [4.69, 9.17) is 9.15 Å². The minimum Gasteiger partial charge on any atom is -0.460 e. The molecule has 1 saturated heterocycles. The Morgan fingerprint density at radius 2 is 1.92 bits per heavy atom. The lowest BCUT2D eigenvalue weighted by Crippen LogP contribution is -2.30. The standard InChI is InChI=1S/C21H23NO3/c1-12(2)18-9-15(21(23)22-19-16-10-24-11-17(16)19)20(25-18)13(3)14-7-5-4-6-8-14/h4-9,13,16-17,19H,1,10-11H2,2-3H3,(H,22,23)/t13?,16-,17+,19+. The third-order valence-electron chi connectivity index (χ3n) is 5.37. The molecule has 1 amide bonds. The molecule has 4 nitrogen and oxygen atoms in total. The summed E-state index contributed by atoms with van der Waals surface area (Å²) in [6.07, 6.45) is 0. The molecular formula is C21H23NO3. The topological polar surface area (TPSA) is 51.5 Å². The number of hydrogen-bond acceptors (Lipinski definition) is 3. The lowest BCUT2D eigenvalue weighted by molar-refractivity contribution is 0.0926. The fourth-order valence-electron chi connectivity index (χ4n) is 3.69. The van der Waals surface area contributed by atoms with Crippen LogP contribution in [0.4, 0.5) is 0 Å². The fraction of sp³-hybridized carbons (Fsp3) is 0.381. The van der Waals surface area contributed by atoms with Gasteiger partial charge in [0.25, 0.3) is 5.91 Å². The van der Waals surface area contributed by atoms with Gasteiger partial charge in [0.05, 0.1) is 18.8 Å². The number of hydrogen-bond donors (Lipinski definition) is 1. The molecule has 1 aliphatic heterocycles. The third-order valence-corrected chi connectivity index (χ3v) is 5.37. The van der Waals surface area contributed by atoms with Crippen molar-refractivity contribution in [2.24, 2.45) is 11.8 Å². The molecule has 2 heterocycles. The smallest absolute Gasteiger partial charge is 0.255 e. The van der Waals surface area contributed by atoms with Gasteiger partial charge in [-0.1, -0.05) is 43.8 Å². The van der Waals surface area contributed by atoms with Gasteiger partial charge in [0, 0.05) is 23.8 Å². The van der Waals surface area contributed by atoms with Crippen LogP contribution in [0, 0.1) is 11.8 Å². The quantitative estimate of drug-likeness (QED) is 0.902. The second kappa shape index (κ2) is 6.19. The number of ether oxygens (including phenoxy) is 1. The number of nitrogens with one attached hydrogen (secondary N) is 1. The van der Waals surface area contributed by atoms with Crippen LogP contribution in [0.15, 0.2) is 47.4 Å². The van der Waals surface area contributed by atoms with Crippen LogP contribution < -0.4 is 5.32 Å². The maximum Gasteiger partial charge on any atom is 0.255 e. The molecule has 1 unspecified atom stereocenters. The number of allylic oxidation sites excluding steroid dienone is 1. The first kappa shape index (κ1) is 16.2. The van der Waals surface area contributed by atoms with E-state index in [1.54, 1.807) is 0 Å². The Hall–Kier alpha value is -2.33. The van der Waals surface area contributed by atoms with Crippen LogP contribution in [0.1, 0.15) is 47.2 Å². The van der Waals surface area contributed by atoms with E-state index in [0.717, 1.165) is 24.4 Å². The number of benzene rings is 1. The highest BCUT2D eigenvalue weighted by Gasteiger charge is 2.55. The van der Waals surface area contributed by atoms with E-state index in [0.29, 0.717) is 28.9 Å². The van der Waals surface area contributed by atoms with Gasteiger partial charge < -0.3 is 14.5 Å². The Balaban J connectivity index is 1.61. The van der Waals surface area contributed by atoms with Crippen molar-refractivity contribution < 1.29 is 13.9 Å². The zero-order valence-corrected chi connectivity index (χ0v) is 14.6. The Bertz CT molecular complexity index is 798. The lowest BCUT2D eigenvalue weighted by Gasteiger charge is -2.12. The monoisotopic (exact) mass is 337 g/mol. The largest absolute Gasteiger partial charge is 0.460 e. The molecule has 1 N–H and O–H groups in total. The summed E-state index contributed by atoms with van der Waals surface area (Å²) in [5.74, 6) is 2.26. The summed E-state index contributed by atoms with van der Waals surface area (Å²) in [5.41, 5.74) is 2.55. The predicted molar refractivity (Wildman–Crippen MR) is 96.4 cm³/mol. The summed E-state index contributed by atoms with van der Waals surface area (Å²) in [6.45, 7) is 9.41. The van der Waals surface area contributed by atoms with Crippen LogP contribution in [-0.4, -0.2) is 25.2 Å². The van der Waals surface area contributed by atoms with Gasteiger partial charge in [-0.05, 0) is 24.1 Å². The van der Waals surface area contributed by atoms with Crippen molar-refractivity contribution in [2.45, 2.75) is 25.8 Å². The zero-order valence-electron chi connectivity index (χ0n) is 14.6. The Morgan fingerprint density at radius 3 is 2.56 bits per heavy atom. The van der Waals surface area contributed by atoms with E-state index in [2.05, 4.69) is 31.0 Å². The van der Waals surface area contributed by atoms with Crippen LogP contribution in [0.5, 0.6) is 0 Å². The van der Waals surface area contributed by atoms with E-state index in [1.807, 2.05) is 31.2 Å². The maximum absolute atomic E-state index is 12.9. The molecule has 1 saturated carbocycles. The highest BCUT2D eigenvalue weighted by atomic mass is 16.5. The van der Waals surface area contributed by atoms with Crippen LogP contribution in [-0.2, 0) is 4.74 Å². The Morgan fingerprint density at radius 1 is 1.24 bits per heavy atom. The van der Waals surface area contributed by atoms with Crippen molar-refractivity contribution in [3.05, 3.63) is 65.6 Å². The number of rotatable bonds is 5. The van der Waals surface area contributed by atoms with Crippen molar-refractivity contribution in [3.63, 3.8) is 0 Å². The highest BCUT2D eigenvalue weighted by Crippen LogP contribution is 2.44. The number of fused-ring (bicyclic) bond motifs is 1. The summed E-state index contributed by atoms with van der Waals surface area (Å²) in [4.78, 5) is 12.9. The number of amides is 1. The van der Waals surface area contributed by atoms with Crippen LogP contribution in [0.3, 0.4) is 0 Å². The molecular weight excluding hydrogens is 314 g/mol. The minimum absolute atomic E-state index is 0.00270. The van der Waals surface area contributed by atoms with E-state index >= 15 is 0 Å². The molecule has 4 rings (SSSR count). The summed E-state index contributed by atoms with van der Waals surface area (Å²) in [6, 6.07) is 12.2. The van der Waals surface area contributed by atoms with Crippen molar-refractivity contribution >= 4 is 11.5 Å². The van der Waals surface area contributed by atoms with E-state index in [9.17, 15) is 4.79 Å². The lowest BCUT2D eigenvalue weighted by atomic mass is 9.96. The molecule has 2 aliphatic rings. The van der Waals surface area contributed by atoms with Gasteiger partial charge in [-0.15, -0.1) is 0 Å². The van der Waals surface area contributed by atoms with Gasteiger partial charge in [0.15, 0.2) is 0 Å². The molecule has 130 valence electrons. The molecule has 2 fully saturated rings. The maximum atomic E-state index is 12.9. The Labute approximate surface area is 147 Å². The van der Waals surface area contributed by atoms with E-state index in [1.165, 1.54) is 0 Å². The predicted octanol–water partition coefficient (Wildman–Crippen LogP) is 3.84. The van der Waals surface area contributed by atoms with Crippen molar-refractivity contribution in [2.75, 3.05) is 13.2 Å². The van der Waals surface area contributed by atoms with Gasteiger partial charge in [0.2, 0.25) is 0 Å². The molecule has 1 aromatic carbocycles. The van der Waals surface area contributed by atoms with Crippen molar-refractivity contribution in [1.82, 2.24) is 5.32 Å². The van der Waals surface area contributed by atoms with Gasteiger partial charge in [-0.3, -0.25) is 4.79 Å². The van der Waals surface area contributed by atoms with Gasteiger partial charge in [0.1, 0.15) is 11.5 Å². The summed E-state index contributed by atoms with van der Waals surface area (Å²) in [5, 5.41) is 3.16. The molecule has 1 aliphatic carbocycles. The molecule has 0 spiro atoms. The fourth-order valence-corrected chi connectivity index (χ4v) is 3.69. The molecule has 4 heteroatoms. The van der Waals surface area contributed by atoms with Crippen molar-refractivity contribution in [1.29, 1.82) is 0 Å².